The number of carbonyl (C=O) groups excluding carboxylic acids is 2. The van der Waals surface area contributed by atoms with Crippen LogP contribution in [0.15, 0.2) is 24.5 Å². The summed E-state index contributed by atoms with van der Waals surface area (Å²) in [5.74, 6) is -1.98. The van der Waals surface area contributed by atoms with E-state index in [1.54, 1.807) is 24.5 Å². The molecule has 1 fully saturated rings. The van der Waals surface area contributed by atoms with Gasteiger partial charge in [-0.15, -0.1) is 0 Å². The highest BCUT2D eigenvalue weighted by Crippen LogP contribution is 2.23. The van der Waals surface area contributed by atoms with Crippen molar-refractivity contribution < 1.29 is 22.8 Å². The summed E-state index contributed by atoms with van der Waals surface area (Å²) in [5, 5.41) is 2.80. The molecule has 0 bridgehead atoms. The predicted octanol–water partition coefficient (Wildman–Crippen LogP) is 2.09. The maximum atomic E-state index is 12.4. The number of nitrogens with one attached hydrogen (secondary N) is 2. The Morgan fingerprint density at radius 1 is 1.28 bits per heavy atom. The second-order valence-corrected chi connectivity index (χ2v) is 6.08. The maximum absolute atomic E-state index is 12.4. The number of carbonyl (C=O) groups is 2. The first-order valence-electron chi connectivity index (χ1n) is 7.92. The Hall–Kier alpha value is -2.58. The van der Waals surface area contributed by atoms with Crippen molar-refractivity contribution in [3.05, 3.63) is 30.1 Å². The molecule has 0 spiro atoms. The molecule has 0 atom stereocenters. The van der Waals surface area contributed by atoms with Gasteiger partial charge in [0.25, 0.3) is 5.91 Å². The summed E-state index contributed by atoms with van der Waals surface area (Å²) < 4.78 is 37.2. The molecule has 1 aliphatic rings. The van der Waals surface area contributed by atoms with Crippen molar-refractivity contribution in [2.24, 2.45) is 5.92 Å². The lowest BCUT2D eigenvalue weighted by Gasteiger charge is -2.32. The van der Waals surface area contributed by atoms with Gasteiger partial charge in [0.05, 0.1) is 17.4 Å². The number of likely N-dealkylation sites (tertiary alicyclic amines) is 1. The molecule has 0 aliphatic carbocycles. The topological polar surface area (TPSA) is 78.1 Å². The zero-order valence-electron chi connectivity index (χ0n) is 13.3. The molecule has 2 aromatic rings. The number of halogens is 3. The van der Waals surface area contributed by atoms with E-state index in [4.69, 9.17) is 0 Å². The number of rotatable bonds is 3. The molecular weight excluding hydrogens is 337 g/mol. The minimum Gasteiger partial charge on any atom is -0.352 e. The summed E-state index contributed by atoms with van der Waals surface area (Å²) in [6.45, 7) is 0.478. The number of H-pyrrole nitrogens is 1. The molecule has 2 N–H and O–H groups in total. The Morgan fingerprint density at radius 2 is 2.00 bits per heavy atom. The van der Waals surface area contributed by atoms with E-state index in [0.29, 0.717) is 24.9 Å². The minimum atomic E-state index is -4.83. The minimum absolute atomic E-state index is 0.0529. The van der Waals surface area contributed by atoms with E-state index < -0.39 is 12.1 Å². The number of imidazole rings is 1. The molecule has 1 aromatic heterocycles. The number of benzene rings is 1. The van der Waals surface area contributed by atoms with Crippen molar-refractivity contribution in [2.75, 3.05) is 19.6 Å². The molecule has 1 aliphatic heterocycles. The summed E-state index contributed by atoms with van der Waals surface area (Å²) in [5.41, 5.74) is 2.01. The fraction of sp³-hybridized carbons (Fsp3) is 0.438. The number of nitrogens with zero attached hydrogens (tertiary/aromatic N) is 2. The van der Waals surface area contributed by atoms with Crippen LogP contribution in [0.2, 0.25) is 0 Å². The van der Waals surface area contributed by atoms with Gasteiger partial charge in [-0.3, -0.25) is 9.59 Å². The van der Waals surface area contributed by atoms with Gasteiger partial charge in [-0.1, -0.05) is 0 Å². The van der Waals surface area contributed by atoms with Gasteiger partial charge in [0.15, 0.2) is 0 Å². The van der Waals surface area contributed by atoms with E-state index in [-0.39, 0.29) is 24.9 Å². The van der Waals surface area contributed by atoms with Crippen molar-refractivity contribution in [3.8, 4) is 0 Å². The second kappa shape index (κ2) is 6.73. The van der Waals surface area contributed by atoms with Crippen molar-refractivity contribution >= 4 is 22.8 Å². The normalized spacial score (nSPS) is 16.2. The van der Waals surface area contributed by atoms with Crippen LogP contribution in [-0.4, -0.2) is 52.5 Å². The van der Waals surface area contributed by atoms with Crippen molar-refractivity contribution in [1.82, 2.24) is 20.2 Å². The number of piperidine rings is 1. The van der Waals surface area contributed by atoms with E-state index in [0.717, 1.165) is 15.9 Å². The van der Waals surface area contributed by atoms with Crippen LogP contribution in [0.1, 0.15) is 23.2 Å². The van der Waals surface area contributed by atoms with Crippen molar-refractivity contribution in [2.45, 2.75) is 19.0 Å². The Bertz CT molecular complexity index is 779. The van der Waals surface area contributed by atoms with Crippen LogP contribution in [0, 0.1) is 5.92 Å². The molecule has 134 valence electrons. The molecule has 0 saturated carbocycles. The average Bonchev–Trinajstić information content (AvgIpc) is 3.06. The van der Waals surface area contributed by atoms with Gasteiger partial charge < -0.3 is 15.2 Å². The monoisotopic (exact) mass is 354 g/mol. The molecule has 0 unspecified atom stereocenters. The fourth-order valence-corrected chi connectivity index (χ4v) is 2.94. The van der Waals surface area contributed by atoms with E-state index in [2.05, 4.69) is 15.3 Å². The zero-order chi connectivity index (χ0) is 18.0. The van der Waals surface area contributed by atoms with Gasteiger partial charge in [-0.25, -0.2) is 4.98 Å². The van der Waals surface area contributed by atoms with Gasteiger partial charge in [0, 0.05) is 25.2 Å². The van der Waals surface area contributed by atoms with Crippen molar-refractivity contribution in [3.63, 3.8) is 0 Å². The fourth-order valence-electron chi connectivity index (χ4n) is 2.94. The van der Waals surface area contributed by atoms with Crippen LogP contribution >= 0.6 is 0 Å². The molecule has 0 radical (unpaired) electrons. The standard InChI is InChI=1S/C16H17F3N4O2/c17-16(18,19)15(25)23-5-3-10(4-6-23)8-20-14(24)11-1-2-12-13(7-11)22-9-21-12/h1-2,7,9-10H,3-6,8H2,(H,20,24)(H,21,22). The Balaban J connectivity index is 1.49. The molecule has 6 nitrogen and oxygen atoms in total. The quantitative estimate of drug-likeness (QED) is 0.886. The molecule has 1 saturated heterocycles. The molecule has 2 amide bonds. The summed E-state index contributed by atoms with van der Waals surface area (Å²) in [6, 6.07) is 5.10. The lowest BCUT2D eigenvalue weighted by molar-refractivity contribution is -0.186. The maximum Gasteiger partial charge on any atom is 0.471 e. The van der Waals surface area contributed by atoms with Crippen LogP contribution in [0.4, 0.5) is 13.2 Å². The first kappa shape index (κ1) is 17.2. The highest BCUT2D eigenvalue weighted by molar-refractivity contribution is 5.97. The van der Waals surface area contributed by atoms with E-state index >= 15 is 0 Å². The highest BCUT2D eigenvalue weighted by Gasteiger charge is 2.43. The average molecular weight is 354 g/mol. The Labute approximate surface area is 141 Å². The van der Waals surface area contributed by atoms with E-state index in [1.165, 1.54) is 0 Å². The van der Waals surface area contributed by atoms with Gasteiger partial charge >= 0.3 is 12.1 Å². The molecule has 25 heavy (non-hydrogen) atoms. The summed E-state index contributed by atoms with van der Waals surface area (Å²) in [7, 11) is 0. The van der Waals surface area contributed by atoms with E-state index in [9.17, 15) is 22.8 Å². The van der Waals surface area contributed by atoms with Crippen LogP contribution < -0.4 is 5.32 Å². The molecule has 2 heterocycles. The predicted molar refractivity (Wildman–Crippen MR) is 83.8 cm³/mol. The lowest BCUT2D eigenvalue weighted by Crippen LogP contribution is -2.46. The molecule has 9 heteroatoms. The number of amides is 2. The number of hydrogen-bond donors (Lipinski definition) is 2. The molecule has 1 aromatic carbocycles. The largest absolute Gasteiger partial charge is 0.471 e. The van der Waals surface area contributed by atoms with Crippen LogP contribution in [0.5, 0.6) is 0 Å². The first-order valence-corrected chi connectivity index (χ1v) is 7.92. The van der Waals surface area contributed by atoms with Crippen molar-refractivity contribution in [1.29, 1.82) is 0 Å². The zero-order valence-corrected chi connectivity index (χ0v) is 13.3. The number of hydrogen-bond acceptors (Lipinski definition) is 3. The van der Waals surface area contributed by atoms with Gasteiger partial charge in [-0.2, -0.15) is 13.2 Å². The van der Waals surface area contributed by atoms with Gasteiger partial charge in [-0.05, 0) is 37.0 Å². The van der Waals surface area contributed by atoms with Crippen LogP contribution in [-0.2, 0) is 4.79 Å². The van der Waals surface area contributed by atoms with Crippen LogP contribution in [0.3, 0.4) is 0 Å². The number of aromatic nitrogens is 2. The SMILES string of the molecule is O=C(NCC1CCN(C(=O)C(F)(F)F)CC1)c1ccc2nc[nH]c2c1. The highest BCUT2D eigenvalue weighted by atomic mass is 19.4. The number of fused-ring (bicyclic) bond motifs is 1. The second-order valence-electron chi connectivity index (χ2n) is 6.08. The lowest BCUT2D eigenvalue weighted by atomic mass is 9.96. The Morgan fingerprint density at radius 3 is 2.68 bits per heavy atom. The van der Waals surface area contributed by atoms with Gasteiger partial charge in [0.1, 0.15) is 0 Å². The third-order valence-electron chi connectivity index (χ3n) is 4.38. The number of alkyl halides is 3. The molecular formula is C16H17F3N4O2. The first-order chi connectivity index (χ1) is 11.8. The number of aromatic amines is 1. The van der Waals surface area contributed by atoms with Crippen LogP contribution in [0.25, 0.3) is 11.0 Å². The third kappa shape index (κ3) is 3.92. The summed E-state index contributed by atoms with van der Waals surface area (Å²) in [6.07, 6.45) is -2.42. The Kier molecular flexibility index (Phi) is 4.65. The van der Waals surface area contributed by atoms with E-state index in [1.807, 2.05) is 0 Å². The van der Waals surface area contributed by atoms with Gasteiger partial charge in [0.2, 0.25) is 0 Å². The smallest absolute Gasteiger partial charge is 0.352 e. The molecule has 3 rings (SSSR count). The summed E-state index contributed by atoms with van der Waals surface area (Å²) >= 11 is 0. The summed E-state index contributed by atoms with van der Waals surface area (Å²) in [4.78, 5) is 31.2. The third-order valence-corrected chi connectivity index (χ3v) is 4.38.